The second kappa shape index (κ2) is 6.52. The Morgan fingerprint density at radius 3 is 1.95 bits per heavy atom. The van der Waals surface area contributed by atoms with Crippen LogP contribution in [0.3, 0.4) is 0 Å². The monoisotopic (exact) mass is 288 g/mol. The molecular formula is C20H32O. The fraction of sp³-hybridized carbons (Fsp3) is 0.700. The van der Waals surface area contributed by atoms with Crippen LogP contribution in [-0.2, 0) is 15.8 Å². The fourth-order valence-corrected chi connectivity index (χ4v) is 3.19. The molecule has 0 heterocycles. The van der Waals surface area contributed by atoms with Gasteiger partial charge < -0.3 is 4.74 Å². The molecule has 0 unspecified atom stereocenters. The zero-order chi connectivity index (χ0) is 15.5. The van der Waals surface area contributed by atoms with Gasteiger partial charge in [0, 0.05) is 0 Å². The van der Waals surface area contributed by atoms with Gasteiger partial charge in [-0.3, -0.25) is 0 Å². The highest BCUT2D eigenvalue weighted by molar-refractivity contribution is 5.30. The molecule has 0 aromatic heterocycles. The van der Waals surface area contributed by atoms with E-state index < -0.39 is 0 Å². The van der Waals surface area contributed by atoms with Gasteiger partial charge in [0.25, 0.3) is 0 Å². The highest BCUT2D eigenvalue weighted by atomic mass is 16.5. The van der Waals surface area contributed by atoms with E-state index in [1.165, 1.54) is 43.2 Å². The van der Waals surface area contributed by atoms with Gasteiger partial charge in [0.05, 0.1) is 11.7 Å². The van der Waals surface area contributed by atoms with Gasteiger partial charge in [0.2, 0.25) is 0 Å². The lowest BCUT2D eigenvalue weighted by atomic mass is 9.81. The van der Waals surface area contributed by atoms with E-state index in [0.717, 1.165) is 6.42 Å². The van der Waals surface area contributed by atoms with Crippen molar-refractivity contribution < 1.29 is 4.74 Å². The van der Waals surface area contributed by atoms with E-state index >= 15 is 0 Å². The maximum atomic E-state index is 6.42. The van der Waals surface area contributed by atoms with Crippen molar-refractivity contribution in [2.45, 2.75) is 90.3 Å². The molecule has 0 amide bonds. The number of ether oxygens (including phenoxy) is 1. The minimum Gasteiger partial charge on any atom is -0.368 e. The number of hydrogen-bond acceptors (Lipinski definition) is 1. The molecule has 118 valence electrons. The standard InChI is InChI=1S/C20H32O/c1-6-19(2,3)16-12-14-17(15-13-16)20(4,5)21-18-10-8-7-9-11-18/h12-15,18H,6-11H2,1-5H3. The Kier molecular flexibility index (Phi) is 5.14. The summed E-state index contributed by atoms with van der Waals surface area (Å²) in [7, 11) is 0. The van der Waals surface area contributed by atoms with E-state index in [-0.39, 0.29) is 11.0 Å². The molecule has 1 heteroatoms. The fourth-order valence-electron chi connectivity index (χ4n) is 3.19. The quantitative estimate of drug-likeness (QED) is 0.649. The van der Waals surface area contributed by atoms with Crippen LogP contribution in [-0.4, -0.2) is 6.10 Å². The summed E-state index contributed by atoms with van der Waals surface area (Å²) in [5, 5.41) is 0. The molecular weight excluding hydrogens is 256 g/mol. The molecule has 0 spiro atoms. The summed E-state index contributed by atoms with van der Waals surface area (Å²) in [5.74, 6) is 0. The Morgan fingerprint density at radius 1 is 0.905 bits per heavy atom. The summed E-state index contributed by atoms with van der Waals surface area (Å²) < 4.78 is 6.42. The summed E-state index contributed by atoms with van der Waals surface area (Å²) in [6.07, 6.45) is 8.08. The summed E-state index contributed by atoms with van der Waals surface area (Å²) in [4.78, 5) is 0. The topological polar surface area (TPSA) is 9.23 Å². The molecule has 1 fully saturated rings. The second-order valence-electron chi connectivity index (χ2n) is 7.70. The second-order valence-corrected chi connectivity index (χ2v) is 7.70. The Bertz CT molecular complexity index is 435. The predicted octanol–water partition coefficient (Wildman–Crippen LogP) is 5.96. The van der Waals surface area contributed by atoms with Gasteiger partial charge in [-0.05, 0) is 49.7 Å². The minimum atomic E-state index is -0.184. The number of hydrogen-bond donors (Lipinski definition) is 0. The summed E-state index contributed by atoms with van der Waals surface area (Å²) in [6.45, 7) is 11.3. The summed E-state index contributed by atoms with van der Waals surface area (Å²) in [6, 6.07) is 9.08. The number of rotatable bonds is 5. The molecule has 1 aliphatic rings. The van der Waals surface area contributed by atoms with Crippen molar-refractivity contribution in [1.82, 2.24) is 0 Å². The van der Waals surface area contributed by atoms with E-state index in [2.05, 4.69) is 58.9 Å². The van der Waals surface area contributed by atoms with Crippen LogP contribution in [0.4, 0.5) is 0 Å². The van der Waals surface area contributed by atoms with Crippen molar-refractivity contribution in [3.8, 4) is 0 Å². The third-order valence-electron chi connectivity index (χ3n) is 5.26. The van der Waals surface area contributed by atoms with Crippen molar-refractivity contribution in [3.63, 3.8) is 0 Å². The van der Waals surface area contributed by atoms with Crippen molar-refractivity contribution in [2.75, 3.05) is 0 Å². The molecule has 0 radical (unpaired) electrons. The zero-order valence-electron chi connectivity index (χ0n) is 14.5. The minimum absolute atomic E-state index is 0.184. The molecule has 1 saturated carbocycles. The van der Waals surface area contributed by atoms with Gasteiger partial charge >= 0.3 is 0 Å². The SMILES string of the molecule is CCC(C)(C)c1ccc(C(C)(C)OC2CCCCC2)cc1. The third kappa shape index (κ3) is 4.10. The normalized spacial score (nSPS) is 18.0. The van der Waals surface area contributed by atoms with Crippen LogP contribution < -0.4 is 0 Å². The van der Waals surface area contributed by atoms with Gasteiger partial charge in [-0.25, -0.2) is 0 Å². The van der Waals surface area contributed by atoms with Gasteiger partial charge in [-0.2, -0.15) is 0 Å². The van der Waals surface area contributed by atoms with Crippen LogP contribution in [0.15, 0.2) is 24.3 Å². The molecule has 2 rings (SSSR count). The van der Waals surface area contributed by atoms with Crippen LogP contribution in [0, 0.1) is 0 Å². The Hall–Kier alpha value is -0.820. The lowest BCUT2D eigenvalue weighted by Gasteiger charge is -2.34. The first-order valence-electron chi connectivity index (χ1n) is 8.64. The maximum absolute atomic E-state index is 6.42. The zero-order valence-corrected chi connectivity index (χ0v) is 14.5. The van der Waals surface area contributed by atoms with Crippen molar-refractivity contribution >= 4 is 0 Å². The van der Waals surface area contributed by atoms with E-state index in [0.29, 0.717) is 6.10 Å². The molecule has 21 heavy (non-hydrogen) atoms. The first kappa shape index (κ1) is 16.5. The highest BCUT2D eigenvalue weighted by Gasteiger charge is 2.27. The molecule has 1 aromatic carbocycles. The average Bonchev–Trinajstić information content (AvgIpc) is 2.48. The smallest absolute Gasteiger partial charge is 0.0879 e. The van der Waals surface area contributed by atoms with Crippen molar-refractivity contribution in [3.05, 3.63) is 35.4 Å². The molecule has 0 bridgehead atoms. The van der Waals surface area contributed by atoms with Crippen LogP contribution >= 0.6 is 0 Å². The van der Waals surface area contributed by atoms with Crippen LogP contribution in [0.2, 0.25) is 0 Å². The third-order valence-corrected chi connectivity index (χ3v) is 5.26. The van der Waals surface area contributed by atoms with Crippen LogP contribution in [0.5, 0.6) is 0 Å². The molecule has 0 N–H and O–H groups in total. The van der Waals surface area contributed by atoms with Crippen LogP contribution in [0.25, 0.3) is 0 Å². The van der Waals surface area contributed by atoms with E-state index in [9.17, 15) is 0 Å². The van der Waals surface area contributed by atoms with Gasteiger partial charge in [0.15, 0.2) is 0 Å². The van der Waals surface area contributed by atoms with Gasteiger partial charge in [-0.15, -0.1) is 0 Å². The molecule has 1 aliphatic carbocycles. The Balaban J connectivity index is 2.09. The van der Waals surface area contributed by atoms with Crippen molar-refractivity contribution in [1.29, 1.82) is 0 Å². The van der Waals surface area contributed by atoms with Crippen molar-refractivity contribution in [2.24, 2.45) is 0 Å². The lowest BCUT2D eigenvalue weighted by molar-refractivity contribution is -0.0889. The average molecular weight is 288 g/mol. The molecule has 1 aromatic rings. The summed E-state index contributed by atoms with van der Waals surface area (Å²) in [5.41, 5.74) is 2.79. The lowest BCUT2D eigenvalue weighted by Crippen LogP contribution is -2.30. The Labute approximate surface area is 131 Å². The first-order valence-corrected chi connectivity index (χ1v) is 8.64. The maximum Gasteiger partial charge on any atom is 0.0879 e. The first-order chi connectivity index (χ1) is 9.85. The Morgan fingerprint density at radius 2 is 1.43 bits per heavy atom. The van der Waals surface area contributed by atoms with Gasteiger partial charge in [0.1, 0.15) is 0 Å². The molecule has 0 saturated heterocycles. The van der Waals surface area contributed by atoms with Gasteiger partial charge in [-0.1, -0.05) is 64.3 Å². The largest absolute Gasteiger partial charge is 0.368 e. The molecule has 0 atom stereocenters. The van der Waals surface area contributed by atoms with E-state index in [1.807, 2.05) is 0 Å². The van der Waals surface area contributed by atoms with E-state index in [4.69, 9.17) is 4.74 Å². The predicted molar refractivity (Wildman–Crippen MR) is 90.7 cm³/mol. The molecule has 0 aliphatic heterocycles. The van der Waals surface area contributed by atoms with E-state index in [1.54, 1.807) is 0 Å². The molecule has 1 nitrogen and oxygen atoms in total. The highest BCUT2D eigenvalue weighted by Crippen LogP contribution is 2.33. The summed E-state index contributed by atoms with van der Waals surface area (Å²) >= 11 is 0. The number of benzene rings is 1. The van der Waals surface area contributed by atoms with Crippen LogP contribution in [0.1, 0.15) is 84.3 Å².